The quantitative estimate of drug-likeness (QED) is 0.890. The van der Waals surface area contributed by atoms with E-state index >= 15 is 0 Å². The Morgan fingerprint density at radius 3 is 2.78 bits per heavy atom. The van der Waals surface area contributed by atoms with Gasteiger partial charge in [0.1, 0.15) is 13.2 Å². The van der Waals surface area contributed by atoms with Gasteiger partial charge >= 0.3 is 0 Å². The van der Waals surface area contributed by atoms with Crippen LogP contribution in [0.4, 0.5) is 0 Å². The molecule has 2 heterocycles. The number of hydrogen-bond donors (Lipinski definition) is 1. The second-order valence-electron chi connectivity index (χ2n) is 4.88. The third-order valence-corrected chi connectivity index (χ3v) is 3.53. The van der Waals surface area contributed by atoms with Crippen molar-refractivity contribution < 1.29 is 19.3 Å². The SMILES string of the molecule is OC(CC1CCOC1)c1ccc2c(c1)OCCO2. The molecule has 2 aliphatic rings. The highest BCUT2D eigenvalue weighted by Crippen LogP contribution is 2.34. The molecule has 1 saturated heterocycles. The zero-order valence-corrected chi connectivity index (χ0v) is 10.3. The number of hydrogen-bond acceptors (Lipinski definition) is 4. The van der Waals surface area contributed by atoms with Crippen molar-refractivity contribution in [3.63, 3.8) is 0 Å². The Kier molecular flexibility index (Phi) is 3.39. The highest BCUT2D eigenvalue weighted by molar-refractivity contribution is 5.44. The lowest BCUT2D eigenvalue weighted by Crippen LogP contribution is -2.16. The standard InChI is InChI=1S/C14H18O4/c15-12(7-10-3-4-16-9-10)11-1-2-13-14(8-11)18-6-5-17-13/h1-2,8,10,12,15H,3-7,9H2. The summed E-state index contributed by atoms with van der Waals surface area (Å²) in [6.45, 7) is 2.75. The van der Waals surface area contributed by atoms with Crippen LogP contribution in [0.15, 0.2) is 18.2 Å². The number of rotatable bonds is 3. The Hall–Kier alpha value is -1.26. The zero-order chi connectivity index (χ0) is 12.4. The van der Waals surface area contributed by atoms with Crippen LogP contribution in [0.1, 0.15) is 24.5 Å². The van der Waals surface area contributed by atoms with Crippen molar-refractivity contribution in [3.8, 4) is 11.5 Å². The Morgan fingerprint density at radius 1 is 1.17 bits per heavy atom. The molecule has 2 atom stereocenters. The lowest BCUT2D eigenvalue weighted by molar-refractivity contribution is 0.128. The number of fused-ring (bicyclic) bond motifs is 1. The fourth-order valence-electron chi connectivity index (χ4n) is 2.49. The van der Waals surface area contributed by atoms with Crippen LogP contribution in [-0.4, -0.2) is 31.5 Å². The van der Waals surface area contributed by atoms with E-state index in [-0.39, 0.29) is 0 Å². The summed E-state index contributed by atoms with van der Waals surface area (Å²) in [6.07, 6.45) is 1.34. The number of ether oxygens (including phenoxy) is 3. The van der Waals surface area contributed by atoms with Gasteiger partial charge in [0.05, 0.1) is 6.10 Å². The minimum absolute atomic E-state index is 0.451. The summed E-state index contributed by atoms with van der Waals surface area (Å²) in [7, 11) is 0. The average molecular weight is 250 g/mol. The van der Waals surface area contributed by atoms with E-state index in [2.05, 4.69) is 0 Å². The van der Waals surface area contributed by atoms with Gasteiger partial charge in [-0.25, -0.2) is 0 Å². The summed E-state index contributed by atoms with van der Waals surface area (Å²) < 4.78 is 16.3. The molecule has 1 N–H and O–H groups in total. The van der Waals surface area contributed by atoms with Crippen LogP contribution < -0.4 is 9.47 Å². The van der Waals surface area contributed by atoms with Gasteiger partial charge in [-0.15, -0.1) is 0 Å². The average Bonchev–Trinajstić information content (AvgIpc) is 2.91. The van der Waals surface area contributed by atoms with Crippen molar-refractivity contribution >= 4 is 0 Å². The summed E-state index contributed by atoms with van der Waals surface area (Å²) in [6, 6.07) is 5.67. The molecular formula is C14H18O4. The summed E-state index contributed by atoms with van der Waals surface area (Å²) in [4.78, 5) is 0. The van der Waals surface area contributed by atoms with Gasteiger partial charge in [-0.05, 0) is 36.5 Å². The number of aliphatic hydroxyl groups excluding tert-OH is 1. The van der Waals surface area contributed by atoms with Crippen LogP contribution in [0, 0.1) is 5.92 Å². The number of benzene rings is 1. The lowest BCUT2D eigenvalue weighted by Gasteiger charge is -2.21. The van der Waals surface area contributed by atoms with Crippen LogP contribution >= 0.6 is 0 Å². The van der Waals surface area contributed by atoms with Crippen LogP contribution in [0.5, 0.6) is 11.5 Å². The van der Waals surface area contributed by atoms with Gasteiger partial charge < -0.3 is 19.3 Å². The Morgan fingerprint density at radius 2 is 2.00 bits per heavy atom. The van der Waals surface area contributed by atoms with E-state index in [9.17, 15) is 5.11 Å². The zero-order valence-electron chi connectivity index (χ0n) is 10.3. The normalized spacial score (nSPS) is 23.9. The molecule has 1 fully saturated rings. The van der Waals surface area contributed by atoms with E-state index in [1.54, 1.807) is 0 Å². The predicted molar refractivity (Wildman–Crippen MR) is 65.9 cm³/mol. The fraction of sp³-hybridized carbons (Fsp3) is 0.571. The van der Waals surface area contributed by atoms with Crippen molar-refractivity contribution in [2.75, 3.05) is 26.4 Å². The first-order valence-electron chi connectivity index (χ1n) is 6.48. The third kappa shape index (κ3) is 2.44. The third-order valence-electron chi connectivity index (χ3n) is 3.53. The van der Waals surface area contributed by atoms with Gasteiger partial charge in [-0.1, -0.05) is 6.07 Å². The highest BCUT2D eigenvalue weighted by Gasteiger charge is 2.21. The number of aliphatic hydroxyl groups is 1. The van der Waals surface area contributed by atoms with Crippen molar-refractivity contribution in [2.24, 2.45) is 5.92 Å². The smallest absolute Gasteiger partial charge is 0.161 e. The van der Waals surface area contributed by atoms with Gasteiger partial charge in [0.25, 0.3) is 0 Å². The second kappa shape index (κ2) is 5.16. The highest BCUT2D eigenvalue weighted by atomic mass is 16.6. The molecule has 98 valence electrons. The molecule has 2 unspecified atom stereocenters. The second-order valence-corrected chi connectivity index (χ2v) is 4.88. The first kappa shape index (κ1) is 11.8. The van der Waals surface area contributed by atoms with Gasteiger partial charge in [0.15, 0.2) is 11.5 Å². The van der Waals surface area contributed by atoms with Crippen LogP contribution in [0.2, 0.25) is 0 Å². The van der Waals surface area contributed by atoms with Gasteiger partial charge in [-0.3, -0.25) is 0 Å². The first-order chi connectivity index (χ1) is 8.83. The monoisotopic (exact) mass is 250 g/mol. The first-order valence-corrected chi connectivity index (χ1v) is 6.48. The van der Waals surface area contributed by atoms with E-state index in [1.807, 2.05) is 18.2 Å². The van der Waals surface area contributed by atoms with E-state index < -0.39 is 6.10 Å². The summed E-state index contributed by atoms with van der Waals surface area (Å²) in [5.74, 6) is 1.97. The molecule has 0 aromatic heterocycles. The summed E-state index contributed by atoms with van der Waals surface area (Å²) >= 11 is 0. The molecule has 18 heavy (non-hydrogen) atoms. The molecular weight excluding hydrogens is 232 g/mol. The minimum Gasteiger partial charge on any atom is -0.486 e. The molecule has 4 nitrogen and oxygen atoms in total. The molecule has 0 bridgehead atoms. The van der Waals surface area contributed by atoms with E-state index in [0.29, 0.717) is 19.1 Å². The Labute approximate surface area is 106 Å². The molecule has 1 aromatic carbocycles. The molecule has 2 aliphatic heterocycles. The molecule has 0 saturated carbocycles. The maximum absolute atomic E-state index is 10.2. The maximum atomic E-state index is 10.2. The predicted octanol–water partition coefficient (Wildman–Crippen LogP) is 1.92. The molecule has 1 aromatic rings. The van der Waals surface area contributed by atoms with Crippen molar-refractivity contribution in [3.05, 3.63) is 23.8 Å². The van der Waals surface area contributed by atoms with E-state index in [4.69, 9.17) is 14.2 Å². The Bertz CT molecular complexity index is 412. The molecule has 3 rings (SSSR count). The van der Waals surface area contributed by atoms with E-state index in [0.717, 1.165) is 43.1 Å². The molecule has 0 spiro atoms. The fourth-order valence-corrected chi connectivity index (χ4v) is 2.49. The maximum Gasteiger partial charge on any atom is 0.161 e. The molecule has 0 radical (unpaired) electrons. The largest absolute Gasteiger partial charge is 0.486 e. The minimum atomic E-state index is -0.451. The molecule has 4 heteroatoms. The summed E-state index contributed by atoms with van der Waals surface area (Å²) in [5, 5.41) is 10.2. The van der Waals surface area contributed by atoms with Crippen LogP contribution in [0.25, 0.3) is 0 Å². The van der Waals surface area contributed by atoms with Crippen LogP contribution in [-0.2, 0) is 4.74 Å². The van der Waals surface area contributed by atoms with Crippen molar-refractivity contribution in [2.45, 2.75) is 18.9 Å². The van der Waals surface area contributed by atoms with Crippen molar-refractivity contribution in [1.29, 1.82) is 0 Å². The molecule has 0 aliphatic carbocycles. The molecule has 0 amide bonds. The Balaban J connectivity index is 1.70. The lowest BCUT2D eigenvalue weighted by atomic mass is 9.96. The van der Waals surface area contributed by atoms with Gasteiger partial charge in [0, 0.05) is 13.2 Å². The summed E-state index contributed by atoms with van der Waals surface area (Å²) in [5.41, 5.74) is 0.895. The van der Waals surface area contributed by atoms with Gasteiger partial charge in [-0.2, -0.15) is 0 Å². The topological polar surface area (TPSA) is 47.9 Å². The van der Waals surface area contributed by atoms with Crippen LogP contribution in [0.3, 0.4) is 0 Å². The van der Waals surface area contributed by atoms with Crippen molar-refractivity contribution in [1.82, 2.24) is 0 Å². The van der Waals surface area contributed by atoms with Gasteiger partial charge in [0.2, 0.25) is 0 Å². The van der Waals surface area contributed by atoms with E-state index in [1.165, 1.54) is 0 Å².